The largest absolute Gasteiger partial charge is 0.294 e. The molecule has 186 valence electrons. The van der Waals surface area contributed by atoms with Crippen molar-refractivity contribution in [1.82, 2.24) is 13.9 Å². The van der Waals surface area contributed by atoms with Gasteiger partial charge in [0.2, 0.25) is 10.0 Å². The van der Waals surface area contributed by atoms with Gasteiger partial charge >= 0.3 is 0 Å². The zero-order valence-electron chi connectivity index (χ0n) is 19.7. The Morgan fingerprint density at radius 2 is 1.62 bits per heavy atom. The summed E-state index contributed by atoms with van der Waals surface area (Å²) in [5, 5.41) is 0.572. The number of fused-ring (bicyclic) bond motifs is 3. The topological polar surface area (TPSA) is 72.3 Å². The first kappa shape index (κ1) is 23.7. The summed E-state index contributed by atoms with van der Waals surface area (Å²) >= 11 is 1.36. The first-order chi connectivity index (χ1) is 17.9. The fraction of sp³-hybridized carbons (Fsp3) is 0.143. The van der Waals surface area contributed by atoms with Crippen LogP contribution in [0.2, 0.25) is 0 Å². The Morgan fingerprint density at radius 3 is 2.35 bits per heavy atom. The molecule has 0 amide bonds. The molecule has 0 saturated carbocycles. The predicted molar refractivity (Wildman–Crippen MR) is 143 cm³/mol. The van der Waals surface area contributed by atoms with E-state index in [1.54, 1.807) is 10.9 Å². The lowest BCUT2D eigenvalue weighted by molar-refractivity contribution is 0.396. The molecular weight excluding hydrogens is 509 g/mol. The fourth-order valence-corrected chi connectivity index (χ4v) is 7.38. The number of thiophene rings is 1. The van der Waals surface area contributed by atoms with Crippen molar-refractivity contribution in [3.05, 3.63) is 117 Å². The van der Waals surface area contributed by atoms with Crippen molar-refractivity contribution in [3.8, 4) is 11.1 Å². The maximum atomic E-state index is 13.4. The molecule has 37 heavy (non-hydrogen) atoms. The summed E-state index contributed by atoms with van der Waals surface area (Å²) in [6.45, 7) is 0.802. The van der Waals surface area contributed by atoms with Crippen LogP contribution in [0.25, 0.3) is 21.3 Å². The van der Waals surface area contributed by atoms with E-state index < -0.39 is 15.8 Å². The smallest absolute Gasteiger partial charge is 0.262 e. The molecule has 6 nitrogen and oxygen atoms in total. The Bertz CT molecular complexity index is 1760. The number of rotatable bonds is 5. The highest BCUT2D eigenvalue weighted by Crippen LogP contribution is 2.34. The number of aromatic nitrogens is 2. The van der Waals surface area contributed by atoms with Gasteiger partial charge in [0.1, 0.15) is 10.6 Å². The molecule has 0 N–H and O–H groups in total. The minimum atomic E-state index is -3.77. The van der Waals surface area contributed by atoms with E-state index in [1.807, 2.05) is 42.5 Å². The molecule has 0 spiro atoms. The molecule has 0 bridgehead atoms. The van der Waals surface area contributed by atoms with Gasteiger partial charge < -0.3 is 0 Å². The van der Waals surface area contributed by atoms with Gasteiger partial charge in [0.05, 0.1) is 23.2 Å². The summed E-state index contributed by atoms with van der Waals surface area (Å²) in [5.41, 5.74) is 3.98. The van der Waals surface area contributed by atoms with Crippen LogP contribution in [-0.4, -0.2) is 28.8 Å². The third-order valence-corrected chi connectivity index (χ3v) is 9.64. The molecule has 0 radical (unpaired) electrons. The van der Waals surface area contributed by atoms with Crippen LogP contribution in [0.15, 0.2) is 94.9 Å². The second-order valence-electron chi connectivity index (χ2n) is 8.97. The van der Waals surface area contributed by atoms with Gasteiger partial charge in [-0.25, -0.2) is 17.8 Å². The molecular formula is C28H22FN3O3S2. The zero-order valence-corrected chi connectivity index (χ0v) is 21.3. The average molecular weight is 532 g/mol. The number of halogens is 1. The van der Waals surface area contributed by atoms with E-state index in [9.17, 15) is 17.6 Å². The molecule has 3 heterocycles. The lowest BCUT2D eigenvalue weighted by Gasteiger charge is -2.26. The number of nitrogens with zero attached hydrogens (tertiary/aromatic N) is 3. The number of sulfonamides is 1. The second kappa shape index (κ2) is 9.33. The van der Waals surface area contributed by atoms with Crippen LogP contribution in [-0.2, 0) is 29.5 Å². The van der Waals surface area contributed by atoms with Gasteiger partial charge in [0.15, 0.2) is 0 Å². The van der Waals surface area contributed by atoms with Crippen LogP contribution in [0, 0.1) is 5.82 Å². The molecule has 5 aromatic rings. The predicted octanol–water partition coefficient (Wildman–Crippen LogP) is 5.06. The summed E-state index contributed by atoms with van der Waals surface area (Å²) in [5.74, 6) is -0.487. The molecule has 3 aromatic carbocycles. The van der Waals surface area contributed by atoms with Crippen LogP contribution in [0.1, 0.15) is 16.0 Å². The average Bonchev–Trinajstić information content (AvgIpc) is 3.30. The fourth-order valence-electron chi connectivity index (χ4n) is 4.70. The highest BCUT2D eigenvalue weighted by Gasteiger charge is 2.31. The monoisotopic (exact) mass is 531 g/mol. The van der Waals surface area contributed by atoms with Crippen LogP contribution >= 0.6 is 11.3 Å². The summed E-state index contributed by atoms with van der Waals surface area (Å²) < 4.78 is 42.4. The second-order valence-corrected chi connectivity index (χ2v) is 12.0. The molecule has 9 heteroatoms. The van der Waals surface area contributed by atoms with Gasteiger partial charge in [-0.3, -0.25) is 9.36 Å². The minimum absolute atomic E-state index is 0.0530. The molecule has 6 rings (SSSR count). The van der Waals surface area contributed by atoms with Gasteiger partial charge in [-0.2, -0.15) is 4.31 Å². The SMILES string of the molecule is O=c1c2c3c(sc2ncn1Cc1ccc(-c2ccccc2)cc1)CN(S(=O)(=O)c1ccc(F)cc1)CC3. The quantitative estimate of drug-likeness (QED) is 0.318. The van der Waals surface area contributed by atoms with E-state index in [-0.39, 0.29) is 23.5 Å². The molecule has 1 aliphatic rings. The zero-order chi connectivity index (χ0) is 25.6. The highest BCUT2D eigenvalue weighted by molar-refractivity contribution is 7.89. The minimum Gasteiger partial charge on any atom is -0.294 e. The molecule has 1 aliphatic heterocycles. The standard InChI is InChI=1S/C28H22FN3O3S2/c29-22-10-12-23(13-11-22)37(34,35)32-15-14-24-25(17-32)36-27-26(24)28(33)31(18-30-27)16-19-6-8-21(9-7-19)20-4-2-1-3-5-20/h1-13,18H,14-17H2. The Balaban J connectivity index is 1.27. The Kier molecular flexibility index (Phi) is 5.98. The lowest BCUT2D eigenvalue weighted by atomic mass is 10.0. The normalized spacial score (nSPS) is 14.1. The maximum Gasteiger partial charge on any atom is 0.262 e. The Morgan fingerprint density at radius 1 is 0.919 bits per heavy atom. The Hall–Kier alpha value is -3.66. The van der Waals surface area contributed by atoms with Crippen molar-refractivity contribution in [3.63, 3.8) is 0 Å². The van der Waals surface area contributed by atoms with Crippen molar-refractivity contribution in [1.29, 1.82) is 0 Å². The maximum absolute atomic E-state index is 13.4. The molecule has 2 aromatic heterocycles. The molecule has 0 atom stereocenters. The molecule has 0 fully saturated rings. The number of benzene rings is 3. The summed E-state index contributed by atoms with van der Waals surface area (Å²) in [6, 6.07) is 23.1. The van der Waals surface area contributed by atoms with Crippen LogP contribution in [0.3, 0.4) is 0 Å². The number of hydrogen-bond acceptors (Lipinski definition) is 5. The highest BCUT2D eigenvalue weighted by atomic mass is 32.2. The molecule has 0 aliphatic carbocycles. The van der Waals surface area contributed by atoms with Crippen molar-refractivity contribution in [2.75, 3.05) is 6.54 Å². The van der Waals surface area contributed by atoms with E-state index >= 15 is 0 Å². The summed E-state index contributed by atoms with van der Waals surface area (Å²) in [6.07, 6.45) is 1.98. The van der Waals surface area contributed by atoms with E-state index in [1.165, 1.54) is 27.8 Å². The third-order valence-electron chi connectivity index (χ3n) is 6.66. The van der Waals surface area contributed by atoms with E-state index in [4.69, 9.17) is 0 Å². The van der Waals surface area contributed by atoms with Gasteiger partial charge in [-0.15, -0.1) is 11.3 Å². The van der Waals surface area contributed by atoms with E-state index in [2.05, 4.69) is 17.1 Å². The van der Waals surface area contributed by atoms with Crippen molar-refractivity contribution >= 4 is 31.6 Å². The van der Waals surface area contributed by atoms with Crippen molar-refractivity contribution in [2.24, 2.45) is 0 Å². The number of hydrogen-bond donors (Lipinski definition) is 0. The lowest BCUT2D eigenvalue weighted by Crippen LogP contribution is -2.35. The van der Waals surface area contributed by atoms with Gasteiger partial charge in [0, 0.05) is 18.0 Å². The third kappa shape index (κ3) is 4.39. The summed E-state index contributed by atoms with van der Waals surface area (Å²) in [7, 11) is -3.77. The van der Waals surface area contributed by atoms with E-state index in [0.717, 1.165) is 39.3 Å². The van der Waals surface area contributed by atoms with Gasteiger partial charge in [0.25, 0.3) is 5.56 Å². The van der Waals surface area contributed by atoms with Crippen molar-refractivity contribution < 1.29 is 12.8 Å². The van der Waals surface area contributed by atoms with Crippen LogP contribution in [0.5, 0.6) is 0 Å². The van der Waals surface area contributed by atoms with Crippen LogP contribution < -0.4 is 5.56 Å². The molecule has 0 unspecified atom stereocenters. The summed E-state index contributed by atoms with van der Waals surface area (Å²) in [4.78, 5) is 19.5. The Labute approximate surface area is 217 Å². The molecule has 0 saturated heterocycles. The van der Waals surface area contributed by atoms with Gasteiger partial charge in [-0.1, -0.05) is 54.6 Å². The van der Waals surface area contributed by atoms with Crippen LogP contribution in [0.4, 0.5) is 4.39 Å². The van der Waals surface area contributed by atoms with Crippen molar-refractivity contribution in [2.45, 2.75) is 24.4 Å². The first-order valence-corrected chi connectivity index (χ1v) is 14.1. The van der Waals surface area contributed by atoms with E-state index in [0.29, 0.717) is 23.2 Å². The van der Waals surface area contributed by atoms with Gasteiger partial charge in [-0.05, 0) is 52.9 Å². The first-order valence-electron chi connectivity index (χ1n) is 11.8.